The molecule has 0 fully saturated rings. The molecule has 1 amide bonds. The van der Waals surface area contributed by atoms with Crippen LogP contribution in [-0.4, -0.2) is 49.6 Å². The number of methoxy groups -OCH3 is 1. The van der Waals surface area contributed by atoms with Crippen LogP contribution in [0.25, 0.3) is 11.0 Å². The molecule has 0 aliphatic carbocycles. The van der Waals surface area contributed by atoms with Gasteiger partial charge in [0.25, 0.3) is 5.91 Å². The Bertz CT molecular complexity index is 924. The minimum absolute atomic E-state index is 0.0481. The highest BCUT2D eigenvalue weighted by molar-refractivity contribution is 6.13. The number of rotatable bonds is 6. The SMILES string of the molecule is COCc1ccc(NC(=O)c2nn(C(O)CO)c3ncnc(N)c23)cc1. The first-order valence-electron chi connectivity index (χ1n) is 7.72. The van der Waals surface area contributed by atoms with E-state index in [1.807, 2.05) is 12.1 Å². The van der Waals surface area contributed by atoms with Crippen molar-refractivity contribution >= 4 is 28.4 Å². The predicted molar refractivity (Wildman–Crippen MR) is 93.2 cm³/mol. The van der Waals surface area contributed by atoms with Gasteiger partial charge in [-0.15, -0.1) is 0 Å². The summed E-state index contributed by atoms with van der Waals surface area (Å²) in [4.78, 5) is 20.5. The molecule has 0 spiro atoms. The first-order valence-corrected chi connectivity index (χ1v) is 7.72. The fourth-order valence-corrected chi connectivity index (χ4v) is 2.48. The number of benzene rings is 1. The Hall–Kier alpha value is -3.08. The van der Waals surface area contributed by atoms with Gasteiger partial charge < -0.3 is 26.0 Å². The van der Waals surface area contributed by atoms with Crippen molar-refractivity contribution in [3.05, 3.63) is 41.9 Å². The maximum absolute atomic E-state index is 12.6. The largest absolute Gasteiger partial charge is 0.392 e. The third-order valence-electron chi connectivity index (χ3n) is 3.70. The number of fused-ring (bicyclic) bond motifs is 1. The Kier molecular flexibility index (Phi) is 5.07. The minimum Gasteiger partial charge on any atom is -0.392 e. The van der Waals surface area contributed by atoms with Gasteiger partial charge in [-0.05, 0) is 17.7 Å². The topological polar surface area (TPSA) is 148 Å². The van der Waals surface area contributed by atoms with Gasteiger partial charge in [-0.3, -0.25) is 4.79 Å². The van der Waals surface area contributed by atoms with Crippen molar-refractivity contribution in [1.29, 1.82) is 0 Å². The van der Waals surface area contributed by atoms with E-state index >= 15 is 0 Å². The molecule has 3 rings (SSSR count). The number of carbonyl (C=O) groups excluding carboxylic acids is 1. The maximum atomic E-state index is 12.6. The van der Waals surface area contributed by atoms with Crippen LogP contribution in [0.1, 0.15) is 22.3 Å². The highest BCUT2D eigenvalue weighted by atomic mass is 16.5. The van der Waals surface area contributed by atoms with E-state index in [9.17, 15) is 15.0 Å². The lowest BCUT2D eigenvalue weighted by atomic mass is 10.2. The molecule has 10 heteroatoms. The van der Waals surface area contributed by atoms with E-state index in [0.717, 1.165) is 10.2 Å². The number of carbonyl (C=O) groups is 1. The number of amides is 1. The van der Waals surface area contributed by atoms with Crippen molar-refractivity contribution in [1.82, 2.24) is 19.7 Å². The zero-order valence-electron chi connectivity index (χ0n) is 14.0. The van der Waals surface area contributed by atoms with Gasteiger partial charge in [-0.2, -0.15) is 5.10 Å². The molecule has 1 atom stereocenters. The summed E-state index contributed by atoms with van der Waals surface area (Å²) in [7, 11) is 1.60. The Balaban J connectivity index is 1.95. The first-order chi connectivity index (χ1) is 12.5. The number of hydrogen-bond donors (Lipinski definition) is 4. The normalized spacial score (nSPS) is 12.3. The Morgan fingerprint density at radius 3 is 2.73 bits per heavy atom. The van der Waals surface area contributed by atoms with Gasteiger partial charge in [0, 0.05) is 12.8 Å². The fraction of sp³-hybridized carbons (Fsp3) is 0.250. The molecule has 0 saturated carbocycles. The average Bonchev–Trinajstić information content (AvgIpc) is 3.04. The highest BCUT2D eigenvalue weighted by Gasteiger charge is 2.23. The van der Waals surface area contributed by atoms with Crippen molar-refractivity contribution in [3.8, 4) is 0 Å². The number of aliphatic hydroxyl groups excluding tert-OH is 2. The lowest BCUT2D eigenvalue weighted by Gasteiger charge is -2.07. The Morgan fingerprint density at radius 1 is 1.35 bits per heavy atom. The summed E-state index contributed by atoms with van der Waals surface area (Å²) in [6, 6.07) is 7.10. The monoisotopic (exact) mass is 358 g/mol. The summed E-state index contributed by atoms with van der Waals surface area (Å²) in [6.45, 7) is -0.126. The molecule has 2 aromatic heterocycles. The summed E-state index contributed by atoms with van der Waals surface area (Å²) >= 11 is 0. The number of aromatic nitrogens is 4. The number of nitrogens with one attached hydrogen (secondary N) is 1. The van der Waals surface area contributed by atoms with Crippen LogP contribution < -0.4 is 11.1 Å². The molecule has 2 heterocycles. The quantitative estimate of drug-likeness (QED) is 0.491. The molecule has 0 saturated heterocycles. The molecule has 1 unspecified atom stereocenters. The molecule has 0 aliphatic heterocycles. The number of ether oxygens (including phenoxy) is 1. The number of aliphatic hydroxyl groups is 2. The Morgan fingerprint density at radius 2 is 2.08 bits per heavy atom. The van der Waals surface area contributed by atoms with E-state index in [1.54, 1.807) is 19.2 Å². The van der Waals surface area contributed by atoms with Crippen LogP contribution in [0, 0.1) is 0 Å². The standard InChI is InChI=1S/C16H18N6O4/c1-26-7-9-2-4-10(5-3-9)20-16(25)13-12-14(17)18-8-19-15(12)22(21-13)11(24)6-23/h2-5,8,11,23-24H,6-7H2,1H3,(H,20,25)(H2,17,18,19). The smallest absolute Gasteiger partial charge is 0.277 e. The summed E-state index contributed by atoms with van der Waals surface area (Å²) in [5.41, 5.74) is 7.47. The molecular weight excluding hydrogens is 340 g/mol. The van der Waals surface area contributed by atoms with Crippen LogP contribution >= 0.6 is 0 Å². The summed E-state index contributed by atoms with van der Waals surface area (Å²) in [5.74, 6) is -0.494. The molecule has 136 valence electrons. The van der Waals surface area contributed by atoms with Crippen molar-refractivity contribution in [2.75, 3.05) is 24.8 Å². The van der Waals surface area contributed by atoms with Crippen molar-refractivity contribution < 1.29 is 19.7 Å². The third-order valence-corrected chi connectivity index (χ3v) is 3.70. The van der Waals surface area contributed by atoms with E-state index in [4.69, 9.17) is 10.5 Å². The predicted octanol–water partition coefficient (Wildman–Crippen LogP) is 0.290. The summed E-state index contributed by atoms with van der Waals surface area (Å²) < 4.78 is 6.08. The van der Waals surface area contributed by atoms with Crippen LogP contribution in [0.4, 0.5) is 11.5 Å². The highest BCUT2D eigenvalue weighted by Crippen LogP contribution is 2.24. The van der Waals surface area contributed by atoms with Crippen LogP contribution in [0.15, 0.2) is 30.6 Å². The van der Waals surface area contributed by atoms with Gasteiger partial charge in [0.2, 0.25) is 0 Å². The maximum Gasteiger partial charge on any atom is 0.277 e. The van der Waals surface area contributed by atoms with Gasteiger partial charge >= 0.3 is 0 Å². The van der Waals surface area contributed by atoms with E-state index < -0.39 is 18.7 Å². The minimum atomic E-state index is -1.36. The molecule has 1 aromatic carbocycles. The lowest BCUT2D eigenvalue weighted by molar-refractivity contribution is 0.0322. The van der Waals surface area contributed by atoms with Gasteiger partial charge in [0.15, 0.2) is 17.6 Å². The number of nitrogens with two attached hydrogens (primary N) is 1. The van der Waals surface area contributed by atoms with E-state index in [1.165, 1.54) is 6.33 Å². The van der Waals surface area contributed by atoms with Gasteiger partial charge in [0.1, 0.15) is 12.1 Å². The molecule has 5 N–H and O–H groups in total. The Labute approximate surface area is 148 Å². The number of anilines is 2. The number of nitrogens with zero attached hydrogens (tertiary/aromatic N) is 4. The van der Waals surface area contributed by atoms with Gasteiger partial charge in [-0.25, -0.2) is 14.6 Å². The number of nitrogen functional groups attached to an aromatic ring is 1. The second-order valence-electron chi connectivity index (χ2n) is 5.50. The second kappa shape index (κ2) is 7.44. The van der Waals surface area contributed by atoms with Gasteiger partial charge in [0.05, 0.1) is 18.6 Å². The molecule has 3 aromatic rings. The van der Waals surface area contributed by atoms with Gasteiger partial charge in [-0.1, -0.05) is 12.1 Å². The van der Waals surface area contributed by atoms with Crippen LogP contribution in [0.3, 0.4) is 0 Å². The molecule has 0 bridgehead atoms. The molecule has 0 aliphatic rings. The summed E-state index contributed by atoms with van der Waals surface area (Å²) in [5, 5.41) is 26.0. The van der Waals surface area contributed by atoms with Crippen LogP contribution in [0.2, 0.25) is 0 Å². The average molecular weight is 358 g/mol. The van der Waals surface area contributed by atoms with Crippen LogP contribution in [-0.2, 0) is 11.3 Å². The lowest BCUT2D eigenvalue weighted by Crippen LogP contribution is -2.17. The van der Waals surface area contributed by atoms with Crippen LogP contribution in [0.5, 0.6) is 0 Å². The summed E-state index contributed by atoms with van der Waals surface area (Å²) in [6.07, 6.45) is -0.169. The van der Waals surface area contributed by atoms with E-state index in [0.29, 0.717) is 12.3 Å². The van der Waals surface area contributed by atoms with E-state index in [2.05, 4.69) is 20.4 Å². The second-order valence-corrected chi connectivity index (χ2v) is 5.50. The van der Waals surface area contributed by atoms with E-state index in [-0.39, 0.29) is 22.5 Å². The van der Waals surface area contributed by atoms with Crippen molar-refractivity contribution in [2.24, 2.45) is 0 Å². The molecule has 26 heavy (non-hydrogen) atoms. The number of hydrogen-bond acceptors (Lipinski definition) is 8. The molecule has 10 nitrogen and oxygen atoms in total. The van der Waals surface area contributed by atoms with Crippen molar-refractivity contribution in [2.45, 2.75) is 12.8 Å². The van der Waals surface area contributed by atoms with Crippen molar-refractivity contribution in [3.63, 3.8) is 0 Å². The fourth-order valence-electron chi connectivity index (χ4n) is 2.48. The third kappa shape index (κ3) is 3.33. The first kappa shape index (κ1) is 17.7. The molecular formula is C16H18N6O4. The molecule has 0 radical (unpaired) electrons. The zero-order valence-corrected chi connectivity index (χ0v) is 14.0. The zero-order chi connectivity index (χ0) is 18.7.